The summed E-state index contributed by atoms with van der Waals surface area (Å²) >= 11 is 0. The number of aromatic nitrogens is 1. The van der Waals surface area contributed by atoms with Gasteiger partial charge in [-0.15, -0.1) is 0 Å². The van der Waals surface area contributed by atoms with E-state index in [-0.39, 0.29) is 0 Å². The van der Waals surface area contributed by atoms with E-state index in [0.29, 0.717) is 12.6 Å². The highest BCUT2D eigenvalue weighted by Gasteiger charge is 2.07. The van der Waals surface area contributed by atoms with Crippen molar-refractivity contribution in [3.05, 3.63) is 29.7 Å². The lowest BCUT2D eigenvalue weighted by Crippen LogP contribution is -2.24. The van der Waals surface area contributed by atoms with Gasteiger partial charge in [0.1, 0.15) is 5.52 Å². The van der Waals surface area contributed by atoms with Crippen LogP contribution in [0.2, 0.25) is 0 Å². The first kappa shape index (κ1) is 11.1. The van der Waals surface area contributed by atoms with Crippen molar-refractivity contribution in [2.75, 3.05) is 0 Å². The first-order valence-electron chi connectivity index (χ1n) is 5.79. The van der Waals surface area contributed by atoms with Crippen molar-refractivity contribution < 1.29 is 4.42 Å². The van der Waals surface area contributed by atoms with Gasteiger partial charge in [-0.2, -0.15) is 0 Å². The van der Waals surface area contributed by atoms with Crippen LogP contribution in [0.15, 0.2) is 22.6 Å². The molecule has 3 heteroatoms. The van der Waals surface area contributed by atoms with Crippen molar-refractivity contribution in [1.29, 1.82) is 0 Å². The number of oxazole rings is 1. The SMILES string of the molecule is CCC(C)NCc1nc2cccc(C)c2o1. The zero-order chi connectivity index (χ0) is 11.5. The summed E-state index contributed by atoms with van der Waals surface area (Å²) in [6.45, 7) is 7.06. The molecule has 0 aliphatic heterocycles. The van der Waals surface area contributed by atoms with Gasteiger partial charge in [0, 0.05) is 6.04 Å². The molecule has 1 atom stereocenters. The summed E-state index contributed by atoms with van der Waals surface area (Å²) < 4.78 is 5.72. The Morgan fingerprint density at radius 1 is 1.44 bits per heavy atom. The summed E-state index contributed by atoms with van der Waals surface area (Å²) in [6.07, 6.45) is 1.11. The minimum Gasteiger partial charge on any atom is -0.439 e. The monoisotopic (exact) mass is 218 g/mol. The fourth-order valence-electron chi connectivity index (χ4n) is 1.61. The van der Waals surface area contributed by atoms with Crippen molar-refractivity contribution in [2.24, 2.45) is 0 Å². The number of nitrogens with zero attached hydrogens (tertiary/aromatic N) is 1. The van der Waals surface area contributed by atoms with Crippen LogP contribution in [0.5, 0.6) is 0 Å². The number of hydrogen-bond acceptors (Lipinski definition) is 3. The standard InChI is InChI=1S/C13H18N2O/c1-4-10(3)14-8-12-15-11-7-5-6-9(2)13(11)16-12/h5-7,10,14H,4,8H2,1-3H3. The van der Waals surface area contributed by atoms with E-state index in [1.165, 1.54) is 0 Å². The van der Waals surface area contributed by atoms with Crippen LogP contribution < -0.4 is 5.32 Å². The molecule has 0 aliphatic carbocycles. The van der Waals surface area contributed by atoms with E-state index in [9.17, 15) is 0 Å². The number of rotatable bonds is 4. The van der Waals surface area contributed by atoms with Crippen molar-refractivity contribution >= 4 is 11.1 Å². The second-order valence-electron chi connectivity index (χ2n) is 4.22. The van der Waals surface area contributed by atoms with Gasteiger partial charge in [0.05, 0.1) is 6.54 Å². The Bertz CT molecular complexity index is 476. The van der Waals surface area contributed by atoms with Crippen LogP contribution in [0, 0.1) is 6.92 Å². The predicted octanol–water partition coefficient (Wildman–Crippen LogP) is 3.02. The Morgan fingerprint density at radius 2 is 2.25 bits per heavy atom. The summed E-state index contributed by atoms with van der Waals surface area (Å²) in [7, 11) is 0. The van der Waals surface area contributed by atoms with Gasteiger partial charge < -0.3 is 9.73 Å². The zero-order valence-electron chi connectivity index (χ0n) is 10.1. The molecule has 2 rings (SSSR count). The second kappa shape index (κ2) is 4.66. The van der Waals surface area contributed by atoms with Crippen LogP contribution in [-0.4, -0.2) is 11.0 Å². The summed E-state index contributed by atoms with van der Waals surface area (Å²) in [5, 5.41) is 3.37. The molecule has 1 aromatic heterocycles. The second-order valence-corrected chi connectivity index (χ2v) is 4.22. The van der Waals surface area contributed by atoms with Gasteiger partial charge in [0.15, 0.2) is 5.58 Å². The van der Waals surface area contributed by atoms with Crippen molar-refractivity contribution in [3.63, 3.8) is 0 Å². The highest BCUT2D eigenvalue weighted by Crippen LogP contribution is 2.19. The number of para-hydroxylation sites is 1. The van der Waals surface area contributed by atoms with Crippen molar-refractivity contribution in [2.45, 2.75) is 39.8 Å². The lowest BCUT2D eigenvalue weighted by molar-refractivity contribution is 0.454. The summed E-state index contributed by atoms with van der Waals surface area (Å²) in [4.78, 5) is 4.45. The van der Waals surface area contributed by atoms with Gasteiger partial charge >= 0.3 is 0 Å². The van der Waals surface area contributed by atoms with Crippen LogP contribution in [0.3, 0.4) is 0 Å². The molecule has 0 radical (unpaired) electrons. The topological polar surface area (TPSA) is 38.1 Å². The summed E-state index contributed by atoms with van der Waals surface area (Å²) in [5.74, 6) is 0.768. The maximum atomic E-state index is 5.72. The first-order valence-corrected chi connectivity index (χ1v) is 5.79. The lowest BCUT2D eigenvalue weighted by Gasteiger charge is -2.07. The average molecular weight is 218 g/mol. The molecule has 16 heavy (non-hydrogen) atoms. The van der Waals surface area contributed by atoms with Crippen LogP contribution in [-0.2, 0) is 6.54 Å². The number of nitrogens with one attached hydrogen (secondary N) is 1. The third kappa shape index (κ3) is 2.25. The van der Waals surface area contributed by atoms with Gasteiger partial charge in [-0.1, -0.05) is 19.1 Å². The molecule has 3 nitrogen and oxygen atoms in total. The van der Waals surface area contributed by atoms with Crippen molar-refractivity contribution in [1.82, 2.24) is 10.3 Å². The molecule has 1 unspecified atom stereocenters. The highest BCUT2D eigenvalue weighted by molar-refractivity contribution is 5.75. The minimum absolute atomic E-state index is 0.496. The molecule has 1 N–H and O–H groups in total. The molecule has 86 valence electrons. The number of hydrogen-bond donors (Lipinski definition) is 1. The van der Waals surface area contributed by atoms with E-state index in [2.05, 4.69) is 24.1 Å². The maximum absolute atomic E-state index is 5.72. The molecule has 0 amide bonds. The molecule has 2 aromatic rings. The van der Waals surface area contributed by atoms with Crippen molar-refractivity contribution in [3.8, 4) is 0 Å². The highest BCUT2D eigenvalue weighted by atomic mass is 16.3. The molecule has 1 heterocycles. The third-order valence-corrected chi connectivity index (χ3v) is 2.87. The zero-order valence-corrected chi connectivity index (χ0v) is 10.1. The Balaban J connectivity index is 2.17. The van der Waals surface area contributed by atoms with Gasteiger partial charge in [-0.05, 0) is 31.9 Å². The number of fused-ring (bicyclic) bond motifs is 1. The van der Waals surface area contributed by atoms with Crippen LogP contribution >= 0.6 is 0 Å². The van der Waals surface area contributed by atoms with Gasteiger partial charge in [-0.25, -0.2) is 4.98 Å². The van der Waals surface area contributed by atoms with Gasteiger partial charge in [0.25, 0.3) is 0 Å². The van der Waals surface area contributed by atoms with E-state index >= 15 is 0 Å². The quantitative estimate of drug-likeness (QED) is 0.857. The molecule has 0 saturated carbocycles. The largest absolute Gasteiger partial charge is 0.439 e. The smallest absolute Gasteiger partial charge is 0.209 e. The normalized spacial score (nSPS) is 13.2. The fraction of sp³-hybridized carbons (Fsp3) is 0.462. The molecular weight excluding hydrogens is 200 g/mol. The van der Waals surface area contributed by atoms with E-state index < -0.39 is 0 Å². The van der Waals surface area contributed by atoms with E-state index in [4.69, 9.17) is 4.42 Å². The van der Waals surface area contributed by atoms with E-state index in [0.717, 1.165) is 29.0 Å². The van der Waals surface area contributed by atoms with Gasteiger partial charge in [0.2, 0.25) is 5.89 Å². The van der Waals surface area contributed by atoms with Gasteiger partial charge in [-0.3, -0.25) is 0 Å². The van der Waals surface area contributed by atoms with Crippen LogP contribution in [0.25, 0.3) is 11.1 Å². The van der Waals surface area contributed by atoms with E-state index in [1.54, 1.807) is 0 Å². The lowest BCUT2D eigenvalue weighted by atomic mass is 10.2. The third-order valence-electron chi connectivity index (χ3n) is 2.87. The summed E-state index contributed by atoms with van der Waals surface area (Å²) in [6, 6.07) is 6.53. The molecule has 0 fully saturated rings. The minimum atomic E-state index is 0.496. The molecule has 1 aromatic carbocycles. The molecule has 0 aliphatic rings. The summed E-state index contributed by atoms with van der Waals surface area (Å²) in [5.41, 5.74) is 2.99. The van der Waals surface area contributed by atoms with Crippen LogP contribution in [0.1, 0.15) is 31.7 Å². The Hall–Kier alpha value is -1.35. The molecule has 0 spiro atoms. The number of benzene rings is 1. The van der Waals surface area contributed by atoms with Crippen LogP contribution in [0.4, 0.5) is 0 Å². The molecular formula is C13H18N2O. The average Bonchev–Trinajstić information content (AvgIpc) is 2.70. The maximum Gasteiger partial charge on any atom is 0.209 e. The Morgan fingerprint density at radius 3 is 2.94 bits per heavy atom. The Kier molecular flexibility index (Phi) is 3.25. The first-order chi connectivity index (χ1) is 7.70. The number of aryl methyl sites for hydroxylation is 1. The Labute approximate surface area is 95.9 Å². The fourth-order valence-corrected chi connectivity index (χ4v) is 1.61. The molecule has 0 saturated heterocycles. The molecule has 0 bridgehead atoms. The predicted molar refractivity (Wildman–Crippen MR) is 65.3 cm³/mol. The van der Waals surface area contributed by atoms with E-state index in [1.807, 2.05) is 25.1 Å².